The number of aliphatic hydroxyl groups excluding tert-OH is 1. The van der Waals surface area contributed by atoms with Gasteiger partial charge < -0.3 is 5.11 Å². The minimum Gasteiger partial charge on any atom is -0.388 e. The zero-order chi connectivity index (χ0) is 15.8. The maximum atomic E-state index is 11.8. The van der Waals surface area contributed by atoms with Crippen LogP contribution in [0.4, 0.5) is 0 Å². The maximum absolute atomic E-state index is 11.8. The lowest BCUT2D eigenvalue weighted by Gasteiger charge is -2.32. The SMILES string of the molecule is Cc1cc(C)c(C(O)C2CCCC(S(C)(=O)=O)C2)cc1C. The average molecular weight is 310 g/mol. The van der Waals surface area contributed by atoms with Crippen LogP contribution >= 0.6 is 0 Å². The first-order valence-electron chi connectivity index (χ1n) is 7.65. The van der Waals surface area contributed by atoms with E-state index in [0.717, 1.165) is 30.4 Å². The molecule has 1 saturated carbocycles. The first-order valence-corrected chi connectivity index (χ1v) is 9.60. The van der Waals surface area contributed by atoms with E-state index in [1.807, 2.05) is 13.8 Å². The van der Waals surface area contributed by atoms with Crippen molar-refractivity contribution in [3.8, 4) is 0 Å². The van der Waals surface area contributed by atoms with Crippen LogP contribution in [0, 0.1) is 26.7 Å². The van der Waals surface area contributed by atoms with Crippen molar-refractivity contribution in [1.29, 1.82) is 0 Å². The summed E-state index contributed by atoms with van der Waals surface area (Å²) in [6.07, 6.45) is 3.84. The van der Waals surface area contributed by atoms with Gasteiger partial charge in [-0.25, -0.2) is 8.42 Å². The molecule has 0 bridgehead atoms. The first kappa shape index (κ1) is 16.5. The van der Waals surface area contributed by atoms with E-state index in [4.69, 9.17) is 0 Å². The summed E-state index contributed by atoms with van der Waals surface area (Å²) in [7, 11) is -3.01. The molecule has 0 radical (unpaired) electrons. The zero-order valence-corrected chi connectivity index (χ0v) is 14.2. The van der Waals surface area contributed by atoms with Gasteiger partial charge in [-0.15, -0.1) is 0 Å². The van der Waals surface area contributed by atoms with Crippen molar-refractivity contribution in [3.05, 3.63) is 34.4 Å². The van der Waals surface area contributed by atoms with E-state index >= 15 is 0 Å². The van der Waals surface area contributed by atoms with Gasteiger partial charge >= 0.3 is 0 Å². The van der Waals surface area contributed by atoms with Crippen molar-refractivity contribution in [2.24, 2.45) is 5.92 Å². The van der Waals surface area contributed by atoms with Gasteiger partial charge in [0.05, 0.1) is 11.4 Å². The van der Waals surface area contributed by atoms with Crippen LogP contribution in [-0.2, 0) is 9.84 Å². The number of sulfone groups is 1. The van der Waals surface area contributed by atoms with Gasteiger partial charge in [-0.3, -0.25) is 0 Å². The monoisotopic (exact) mass is 310 g/mol. The maximum Gasteiger partial charge on any atom is 0.150 e. The molecule has 0 aromatic heterocycles. The Bertz CT molecular complexity index is 619. The molecule has 3 atom stereocenters. The van der Waals surface area contributed by atoms with Gasteiger partial charge in [-0.05, 0) is 68.2 Å². The van der Waals surface area contributed by atoms with Crippen molar-refractivity contribution in [3.63, 3.8) is 0 Å². The molecule has 1 N–H and O–H groups in total. The zero-order valence-electron chi connectivity index (χ0n) is 13.4. The highest BCUT2D eigenvalue weighted by Crippen LogP contribution is 2.38. The summed E-state index contributed by atoms with van der Waals surface area (Å²) in [5.74, 6) is 0.0410. The Morgan fingerprint density at radius 2 is 1.71 bits per heavy atom. The molecule has 0 heterocycles. The van der Waals surface area contributed by atoms with Crippen LogP contribution < -0.4 is 0 Å². The second kappa shape index (κ2) is 6.09. The van der Waals surface area contributed by atoms with E-state index < -0.39 is 15.9 Å². The number of benzene rings is 1. The topological polar surface area (TPSA) is 54.4 Å². The molecule has 0 spiro atoms. The van der Waals surface area contributed by atoms with Crippen LogP contribution in [0.1, 0.15) is 54.0 Å². The largest absolute Gasteiger partial charge is 0.388 e. The minimum absolute atomic E-state index is 0.0410. The van der Waals surface area contributed by atoms with E-state index in [1.165, 1.54) is 17.4 Å². The lowest BCUT2D eigenvalue weighted by molar-refractivity contribution is 0.0851. The van der Waals surface area contributed by atoms with Crippen molar-refractivity contribution < 1.29 is 13.5 Å². The Morgan fingerprint density at radius 3 is 2.33 bits per heavy atom. The average Bonchev–Trinajstić information content (AvgIpc) is 2.41. The van der Waals surface area contributed by atoms with Crippen molar-refractivity contribution >= 4 is 9.84 Å². The summed E-state index contributed by atoms with van der Waals surface area (Å²) >= 11 is 0. The van der Waals surface area contributed by atoms with E-state index in [-0.39, 0.29) is 11.2 Å². The molecule has 0 aliphatic heterocycles. The van der Waals surface area contributed by atoms with Crippen LogP contribution in [0.2, 0.25) is 0 Å². The molecule has 4 heteroatoms. The van der Waals surface area contributed by atoms with Gasteiger partial charge in [-0.1, -0.05) is 18.6 Å². The summed E-state index contributed by atoms with van der Waals surface area (Å²) in [6.45, 7) is 6.13. The Kier molecular flexibility index (Phi) is 4.79. The van der Waals surface area contributed by atoms with Gasteiger partial charge in [-0.2, -0.15) is 0 Å². The molecule has 21 heavy (non-hydrogen) atoms. The fourth-order valence-electron chi connectivity index (χ4n) is 3.41. The van der Waals surface area contributed by atoms with Crippen LogP contribution in [0.15, 0.2) is 12.1 Å². The molecule has 3 nitrogen and oxygen atoms in total. The Morgan fingerprint density at radius 1 is 1.10 bits per heavy atom. The van der Waals surface area contributed by atoms with Gasteiger partial charge in [0.15, 0.2) is 0 Å². The number of aliphatic hydroxyl groups is 1. The normalized spacial score (nSPS) is 24.8. The third-order valence-electron chi connectivity index (χ3n) is 4.92. The number of hydrogen-bond acceptors (Lipinski definition) is 3. The quantitative estimate of drug-likeness (QED) is 0.932. The molecule has 1 aromatic rings. The first-order chi connectivity index (χ1) is 9.70. The molecule has 3 unspecified atom stereocenters. The van der Waals surface area contributed by atoms with Crippen molar-refractivity contribution in [1.82, 2.24) is 0 Å². The predicted octanol–water partition coefficient (Wildman–Crippen LogP) is 3.25. The molecule has 1 aromatic carbocycles. The fraction of sp³-hybridized carbons (Fsp3) is 0.647. The molecular weight excluding hydrogens is 284 g/mol. The van der Waals surface area contributed by atoms with Gasteiger partial charge in [0.2, 0.25) is 0 Å². The molecular formula is C17H26O3S. The van der Waals surface area contributed by atoms with Crippen molar-refractivity contribution in [2.45, 2.75) is 57.8 Å². The Labute approximate surface area is 128 Å². The molecule has 2 rings (SSSR count). The third-order valence-corrected chi connectivity index (χ3v) is 6.56. The van der Waals surface area contributed by atoms with Crippen LogP contribution in [0.5, 0.6) is 0 Å². The minimum atomic E-state index is -3.01. The van der Waals surface area contributed by atoms with Crippen LogP contribution in [0.3, 0.4) is 0 Å². The van der Waals surface area contributed by atoms with E-state index in [2.05, 4.69) is 19.1 Å². The number of rotatable bonds is 3. The molecule has 0 saturated heterocycles. The summed E-state index contributed by atoms with van der Waals surface area (Å²) in [4.78, 5) is 0. The Hall–Kier alpha value is -0.870. The highest BCUT2D eigenvalue weighted by atomic mass is 32.2. The lowest BCUT2D eigenvalue weighted by Crippen LogP contribution is -2.30. The standard InChI is InChI=1S/C17H26O3S/c1-11-8-13(3)16(9-12(11)2)17(18)14-6-5-7-15(10-14)21(4,19)20/h8-9,14-15,17-18H,5-7,10H2,1-4H3. The highest BCUT2D eigenvalue weighted by Gasteiger charge is 2.33. The van der Waals surface area contributed by atoms with E-state index in [0.29, 0.717) is 6.42 Å². The van der Waals surface area contributed by atoms with Gasteiger partial charge in [0.25, 0.3) is 0 Å². The second-order valence-electron chi connectivity index (χ2n) is 6.62. The second-order valence-corrected chi connectivity index (χ2v) is 8.94. The van der Waals surface area contributed by atoms with Crippen LogP contribution in [-0.4, -0.2) is 25.0 Å². The summed E-state index contributed by atoms with van der Waals surface area (Å²) < 4.78 is 23.6. The van der Waals surface area contributed by atoms with Crippen molar-refractivity contribution in [2.75, 3.05) is 6.26 Å². The van der Waals surface area contributed by atoms with Gasteiger partial charge in [0.1, 0.15) is 9.84 Å². The highest BCUT2D eigenvalue weighted by molar-refractivity contribution is 7.91. The fourth-order valence-corrected chi connectivity index (χ4v) is 4.60. The molecule has 1 fully saturated rings. The van der Waals surface area contributed by atoms with E-state index in [1.54, 1.807) is 0 Å². The van der Waals surface area contributed by atoms with Crippen LogP contribution in [0.25, 0.3) is 0 Å². The third kappa shape index (κ3) is 3.67. The molecule has 1 aliphatic carbocycles. The molecule has 1 aliphatic rings. The smallest absolute Gasteiger partial charge is 0.150 e. The summed E-state index contributed by atoms with van der Waals surface area (Å²) in [6, 6.07) is 4.16. The predicted molar refractivity (Wildman–Crippen MR) is 86.2 cm³/mol. The van der Waals surface area contributed by atoms with E-state index in [9.17, 15) is 13.5 Å². The summed E-state index contributed by atoms with van der Waals surface area (Å²) in [5.41, 5.74) is 4.44. The molecule has 0 amide bonds. The molecule has 118 valence electrons. The number of hydrogen-bond donors (Lipinski definition) is 1. The Balaban J connectivity index is 2.24. The lowest BCUT2D eigenvalue weighted by atomic mass is 9.81. The summed E-state index contributed by atoms with van der Waals surface area (Å²) in [5, 5.41) is 10.4. The van der Waals surface area contributed by atoms with Gasteiger partial charge in [0, 0.05) is 6.26 Å². The number of aryl methyl sites for hydroxylation is 3.